The first-order valence-corrected chi connectivity index (χ1v) is 18.8. The number of methoxy groups -OCH3 is 1. The van der Waals surface area contributed by atoms with E-state index in [0.29, 0.717) is 92.7 Å². The number of nitrogens with one attached hydrogen (secondary N) is 2. The highest BCUT2D eigenvalue weighted by Crippen LogP contribution is 2.34. The lowest BCUT2D eigenvalue weighted by Crippen LogP contribution is -2.59. The van der Waals surface area contributed by atoms with Gasteiger partial charge in [0.1, 0.15) is 23.6 Å². The molecule has 5 rings (SSSR count). The topological polar surface area (TPSA) is 157 Å². The maximum Gasteiger partial charge on any atom is 0.318 e. The number of hydrogen-bond donors (Lipinski definition) is 4. The van der Waals surface area contributed by atoms with Crippen molar-refractivity contribution in [2.75, 3.05) is 75.8 Å². The molecular weight excluding hydrogens is 784 g/mol. The average molecular weight is 831 g/mol. The molecule has 0 spiro atoms. The molecule has 2 aliphatic rings. The lowest BCUT2D eigenvalue weighted by Gasteiger charge is -2.38. The Morgan fingerprint density at radius 3 is 2.14 bits per heavy atom. The van der Waals surface area contributed by atoms with Gasteiger partial charge in [-0.05, 0) is 99.6 Å². The van der Waals surface area contributed by atoms with Gasteiger partial charge in [-0.2, -0.15) is 0 Å². The van der Waals surface area contributed by atoms with E-state index in [0.717, 1.165) is 17.1 Å². The Hall–Kier alpha value is -4.08. The van der Waals surface area contributed by atoms with Gasteiger partial charge in [-0.3, -0.25) is 14.6 Å². The van der Waals surface area contributed by atoms with Crippen LogP contribution in [0.1, 0.15) is 24.8 Å². The Balaban J connectivity index is 1.29. The van der Waals surface area contributed by atoms with Crippen LogP contribution in [0.5, 0.6) is 11.5 Å². The van der Waals surface area contributed by atoms with Crippen molar-refractivity contribution in [1.29, 1.82) is 0 Å². The summed E-state index contributed by atoms with van der Waals surface area (Å²) in [4.78, 5) is 53.8. The Bertz CT molecular complexity index is 1610. The molecule has 1 aromatic heterocycles. The van der Waals surface area contributed by atoms with Crippen molar-refractivity contribution in [3.8, 4) is 11.5 Å². The molecule has 15 heteroatoms. The van der Waals surface area contributed by atoms with E-state index in [9.17, 15) is 19.5 Å². The number of urea groups is 1. The molecule has 2 aromatic carbocycles. The van der Waals surface area contributed by atoms with Crippen molar-refractivity contribution >= 4 is 61.1 Å². The minimum absolute atomic E-state index is 0.0336. The number of aromatic hydroxyl groups is 1. The SMILES string of the molecule is COc1ccccc1N1CCN(C(=O)N[C@H](Cc2cc(Br)c(O)c(Br)c2)C(=O)N[C@@H](CCCCN)C(=O)N2CCN(c3ccncc3)CC2)CC1. The number of ether oxygens (including phenoxy) is 1. The van der Waals surface area contributed by atoms with Gasteiger partial charge in [0.25, 0.3) is 0 Å². The standard InChI is InChI=1S/C36H46Br2N8O5/c1-51-32-8-3-2-7-31(32)44-16-20-46(21-17-44)36(50)42-30(24-25-22-27(37)33(47)28(38)23-25)34(48)41-29(6-4-5-11-39)35(49)45-18-14-43(15-19-45)26-9-12-40-13-10-26/h2-3,7-10,12-13,22-23,29-30,47H,4-6,11,14-21,24,39H2,1H3,(H,41,48)(H,42,50)/t29-,30+/m0/s1. The number of piperazine rings is 2. The highest BCUT2D eigenvalue weighted by Gasteiger charge is 2.33. The summed E-state index contributed by atoms with van der Waals surface area (Å²) in [5, 5.41) is 16.3. The molecule has 2 saturated heterocycles. The fourth-order valence-electron chi connectivity index (χ4n) is 6.45. The van der Waals surface area contributed by atoms with E-state index in [1.165, 1.54) is 0 Å². The summed E-state index contributed by atoms with van der Waals surface area (Å²) in [6.07, 6.45) is 5.44. The van der Waals surface area contributed by atoms with Crippen LogP contribution < -0.4 is 30.9 Å². The smallest absolute Gasteiger partial charge is 0.318 e. The maximum absolute atomic E-state index is 14.1. The molecule has 2 fully saturated rings. The highest BCUT2D eigenvalue weighted by atomic mass is 79.9. The van der Waals surface area contributed by atoms with E-state index in [2.05, 4.69) is 57.3 Å². The van der Waals surface area contributed by atoms with E-state index in [4.69, 9.17) is 10.5 Å². The normalized spacial score (nSPS) is 16.0. The number of benzene rings is 2. The predicted molar refractivity (Wildman–Crippen MR) is 204 cm³/mol. The second-order valence-corrected chi connectivity index (χ2v) is 14.3. The number of aromatic nitrogens is 1. The van der Waals surface area contributed by atoms with E-state index >= 15 is 0 Å². The van der Waals surface area contributed by atoms with Gasteiger partial charge in [-0.25, -0.2) is 4.79 Å². The molecule has 3 heterocycles. The van der Waals surface area contributed by atoms with Crippen molar-refractivity contribution in [2.24, 2.45) is 5.73 Å². The molecule has 4 amide bonds. The van der Waals surface area contributed by atoms with Crippen molar-refractivity contribution in [3.05, 3.63) is 75.4 Å². The van der Waals surface area contributed by atoms with Gasteiger partial charge >= 0.3 is 6.03 Å². The molecule has 0 saturated carbocycles. The Labute approximate surface area is 315 Å². The number of amides is 4. The molecule has 274 valence electrons. The summed E-state index contributed by atoms with van der Waals surface area (Å²) < 4.78 is 6.43. The van der Waals surface area contributed by atoms with Crippen LogP contribution in [0.4, 0.5) is 16.2 Å². The number of rotatable bonds is 13. The van der Waals surface area contributed by atoms with Crippen LogP contribution in [0.3, 0.4) is 0 Å². The molecule has 2 atom stereocenters. The number of carbonyl (C=O) groups is 3. The zero-order chi connectivity index (χ0) is 36.3. The lowest BCUT2D eigenvalue weighted by atomic mass is 10.0. The molecule has 13 nitrogen and oxygen atoms in total. The van der Waals surface area contributed by atoms with Crippen molar-refractivity contribution in [1.82, 2.24) is 25.4 Å². The Morgan fingerprint density at radius 1 is 0.863 bits per heavy atom. The molecule has 0 unspecified atom stereocenters. The monoisotopic (exact) mass is 828 g/mol. The van der Waals surface area contributed by atoms with Crippen LogP contribution in [0.25, 0.3) is 0 Å². The van der Waals surface area contributed by atoms with Gasteiger partial charge in [-0.15, -0.1) is 0 Å². The second-order valence-electron chi connectivity index (χ2n) is 12.6. The van der Waals surface area contributed by atoms with E-state index in [1.54, 1.807) is 41.4 Å². The van der Waals surface area contributed by atoms with Crippen LogP contribution in [0.15, 0.2) is 69.9 Å². The van der Waals surface area contributed by atoms with E-state index < -0.39 is 18.0 Å². The number of para-hydroxylation sites is 2. The average Bonchev–Trinajstić information content (AvgIpc) is 3.16. The summed E-state index contributed by atoms with van der Waals surface area (Å²) in [7, 11) is 1.64. The first-order chi connectivity index (χ1) is 24.7. The largest absolute Gasteiger partial charge is 0.506 e. The number of unbranched alkanes of at least 4 members (excludes halogenated alkanes) is 1. The zero-order valence-electron chi connectivity index (χ0n) is 28.8. The van der Waals surface area contributed by atoms with Gasteiger partial charge in [0.15, 0.2) is 0 Å². The number of phenolic OH excluding ortho intramolecular Hbond substituents is 1. The fourth-order valence-corrected chi connectivity index (χ4v) is 7.73. The summed E-state index contributed by atoms with van der Waals surface area (Å²) in [5.41, 5.74) is 8.49. The first kappa shape index (κ1) is 38.2. The fraction of sp³-hybridized carbons (Fsp3) is 0.444. The third-order valence-corrected chi connectivity index (χ3v) is 10.5. The number of anilines is 2. The van der Waals surface area contributed by atoms with E-state index in [-0.39, 0.29) is 24.1 Å². The Kier molecular flexibility index (Phi) is 13.8. The molecule has 0 radical (unpaired) electrons. The van der Waals surface area contributed by atoms with Crippen molar-refractivity contribution in [2.45, 2.75) is 37.8 Å². The summed E-state index contributed by atoms with van der Waals surface area (Å²) >= 11 is 6.75. The maximum atomic E-state index is 14.1. The van der Waals surface area contributed by atoms with Crippen LogP contribution >= 0.6 is 31.9 Å². The molecule has 2 aliphatic heterocycles. The van der Waals surface area contributed by atoms with Gasteiger partial charge in [0.05, 0.1) is 21.7 Å². The lowest BCUT2D eigenvalue weighted by molar-refractivity contribution is -0.137. The predicted octanol–water partition coefficient (Wildman–Crippen LogP) is 3.73. The molecule has 5 N–H and O–H groups in total. The minimum Gasteiger partial charge on any atom is -0.506 e. The number of carbonyl (C=O) groups excluding carboxylic acids is 3. The number of nitrogens with two attached hydrogens (primary N) is 1. The van der Waals surface area contributed by atoms with Crippen molar-refractivity contribution in [3.63, 3.8) is 0 Å². The molecule has 0 aliphatic carbocycles. The van der Waals surface area contributed by atoms with Gasteiger partial charge in [-0.1, -0.05) is 12.1 Å². The first-order valence-electron chi connectivity index (χ1n) is 17.2. The number of halogens is 2. The van der Waals surface area contributed by atoms with Gasteiger partial charge in [0.2, 0.25) is 11.8 Å². The molecular formula is C36H46Br2N8O5. The van der Waals surface area contributed by atoms with Crippen LogP contribution in [-0.2, 0) is 16.0 Å². The number of nitrogens with zero attached hydrogens (tertiary/aromatic N) is 5. The third kappa shape index (κ3) is 10.0. The molecule has 51 heavy (non-hydrogen) atoms. The number of phenols is 1. The van der Waals surface area contributed by atoms with Gasteiger partial charge in [0, 0.05) is 76.9 Å². The number of pyridine rings is 1. The zero-order valence-corrected chi connectivity index (χ0v) is 31.9. The number of hydrogen-bond acceptors (Lipinski definition) is 9. The van der Waals surface area contributed by atoms with Crippen LogP contribution in [-0.4, -0.2) is 116 Å². The molecule has 3 aromatic rings. The summed E-state index contributed by atoms with van der Waals surface area (Å²) in [6.45, 7) is 4.90. The van der Waals surface area contributed by atoms with Crippen LogP contribution in [0, 0.1) is 0 Å². The minimum atomic E-state index is -0.999. The summed E-state index contributed by atoms with van der Waals surface area (Å²) in [5.74, 6) is 0.191. The Morgan fingerprint density at radius 2 is 1.49 bits per heavy atom. The van der Waals surface area contributed by atoms with Gasteiger partial charge < -0.3 is 45.8 Å². The third-order valence-electron chi connectivity index (χ3n) is 9.30. The molecule has 0 bridgehead atoms. The quantitative estimate of drug-likeness (QED) is 0.189. The highest BCUT2D eigenvalue weighted by molar-refractivity contribution is 9.11. The van der Waals surface area contributed by atoms with E-state index in [1.807, 2.05) is 36.4 Å². The van der Waals surface area contributed by atoms with Crippen LogP contribution in [0.2, 0.25) is 0 Å². The second kappa shape index (κ2) is 18.4. The summed E-state index contributed by atoms with van der Waals surface area (Å²) in [6, 6.07) is 13.0. The van der Waals surface area contributed by atoms with Crippen molar-refractivity contribution < 1.29 is 24.2 Å².